The van der Waals surface area contributed by atoms with E-state index in [4.69, 9.17) is 4.74 Å². The van der Waals surface area contributed by atoms with Crippen LogP contribution in [0.4, 0.5) is 5.69 Å². The smallest absolute Gasteiger partial charge is 0.248 e. The number of amides is 1. The monoisotopic (exact) mass is 498 g/mol. The quantitative estimate of drug-likeness (QED) is 0.544. The normalized spacial score (nSPS) is 25.1. The van der Waals surface area contributed by atoms with E-state index in [1.807, 2.05) is 59.5 Å². The number of amidine groups is 1. The number of hydrogen-bond acceptors (Lipinski definition) is 5. The molecule has 2 atom stereocenters. The number of nitrogens with zero attached hydrogens (tertiary/aromatic N) is 2. The largest absolute Gasteiger partial charge is 0.489 e. The van der Waals surface area contributed by atoms with Crippen molar-refractivity contribution >= 4 is 38.4 Å². The molecule has 6 nitrogen and oxygen atoms in total. The third kappa shape index (κ3) is 5.49. The van der Waals surface area contributed by atoms with Crippen molar-refractivity contribution in [1.29, 1.82) is 0 Å². The van der Waals surface area contributed by atoms with Crippen molar-refractivity contribution in [3.8, 4) is 5.75 Å². The summed E-state index contributed by atoms with van der Waals surface area (Å²) in [5.74, 6) is 1.49. The fraction of sp³-hybridized carbons (Fsp3) is 0.462. The minimum Gasteiger partial charge on any atom is -0.489 e. The predicted molar refractivity (Wildman–Crippen MR) is 137 cm³/mol. The number of sulfone groups is 1. The second-order valence-electron chi connectivity index (χ2n) is 9.42. The molecule has 3 fully saturated rings. The standard InChI is InChI=1S/C26H30N2O4S2/c29-25(15-10-19-6-4-5-7-19)27-26-28(23-17-34(30,31)18-24(23)33-26)21-11-13-22(14-12-21)32-16-20-8-2-1-3-9-20/h1-3,8-9,11-14,19,23-24H,4-7,10,15-18H2/t23-,24-/m1/s1. The highest BCUT2D eigenvalue weighted by Crippen LogP contribution is 2.41. The molecule has 180 valence electrons. The minimum atomic E-state index is -3.09. The van der Waals surface area contributed by atoms with Crippen LogP contribution in [0, 0.1) is 5.92 Å². The van der Waals surface area contributed by atoms with E-state index in [2.05, 4.69) is 4.99 Å². The predicted octanol–water partition coefficient (Wildman–Crippen LogP) is 4.84. The first-order valence-electron chi connectivity index (χ1n) is 12.0. The van der Waals surface area contributed by atoms with Gasteiger partial charge >= 0.3 is 0 Å². The van der Waals surface area contributed by atoms with Crippen molar-refractivity contribution in [2.45, 2.75) is 56.4 Å². The lowest BCUT2D eigenvalue weighted by atomic mass is 10.0. The molecule has 0 unspecified atom stereocenters. The van der Waals surface area contributed by atoms with E-state index in [9.17, 15) is 13.2 Å². The molecule has 0 aromatic heterocycles. The lowest BCUT2D eigenvalue weighted by Crippen LogP contribution is -2.37. The number of carbonyl (C=O) groups excluding carboxylic acids is 1. The summed E-state index contributed by atoms with van der Waals surface area (Å²) in [4.78, 5) is 19.1. The van der Waals surface area contributed by atoms with Gasteiger partial charge in [0, 0.05) is 17.4 Å². The SMILES string of the molecule is O=C(CCC1CCCC1)N=C1S[C@@H]2CS(=O)(=O)C[C@H]2N1c1ccc(OCc2ccccc2)cc1. The number of benzene rings is 2. The van der Waals surface area contributed by atoms with Crippen molar-refractivity contribution in [2.75, 3.05) is 16.4 Å². The van der Waals surface area contributed by atoms with E-state index in [0.29, 0.717) is 24.1 Å². The number of anilines is 1. The lowest BCUT2D eigenvalue weighted by Gasteiger charge is -2.24. The van der Waals surface area contributed by atoms with Crippen molar-refractivity contribution in [2.24, 2.45) is 10.9 Å². The summed E-state index contributed by atoms with van der Waals surface area (Å²) in [5.41, 5.74) is 1.93. The topological polar surface area (TPSA) is 76.0 Å². The molecule has 1 aliphatic carbocycles. The number of fused-ring (bicyclic) bond motifs is 1. The zero-order valence-corrected chi connectivity index (χ0v) is 20.8. The zero-order valence-electron chi connectivity index (χ0n) is 19.1. The van der Waals surface area contributed by atoms with Gasteiger partial charge in [-0.3, -0.25) is 4.79 Å². The molecule has 34 heavy (non-hydrogen) atoms. The highest BCUT2D eigenvalue weighted by atomic mass is 32.2. The summed E-state index contributed by atoms with van der Waals surface area (Å²) in [6.07, 6.45) is 6.31. The van der Waals surface area contributed by atoms with Gasteiger partial charge in [-0.05, 0) is 42.2 Å². The van der Waals surface area contributed by atoms with Gasteiger partial charge in [-0.15, -0.1) is 0 Å². The summed E-state index contributed by atoms with van der Waals surface area (Å²) in [7, 11) is -3.09. The molecule has 0 radical (unpaired) electrons. The van der Waals surface area contributed by atoms with Crippen molar-refractivity contribution < 1.29 is 17.9 Å². The Bertz CT molecular complexity index is 1140. The van der Waals surface area contributed by atoms with Crippen LogP contribution in [0.1, 0.15) is 44.1 Å². The fourth-order valence-corrected chi connectivity index (χ4v) is 9.03. The molecule has 0 bridgehead atoms. The molecule has 2 heterocycles. The van der Waals surface area contributed by atoms with Gasteiger partial charge in [0.05, 0.1) is 17.5 Å². The van der Waals surface area contributed by atoms with Crippen LogP contribution in [-0.2, 0) is 21.2 Å². The fourth-order valence-electron chi connectivity index (χ4n) is 5.10. The average molecular weight is 499 g/mol. The van der Waals surface area contributed by atoms with Gasteiger partial charge in [0.2, 0.25) is 5.91 Å². The van der Waals surface area contributed by atoms with Crippen LogP contribution in [0.15, 0.2) is 59.6 Å². The van der Waals surface area contributed by atoms with E-state index in [-0.39, 0.29) is 28.7 Å². The second-order valence-corrected chi connectivity index (χ2v) is 12.8. The number of rotatable bonds is 7. The average Bonchev–Trinajstić information content (AvgIpc) is 3.52. The second kappa shape index (κ2) is 10.1. The Morgan fingerprint density at radius 1 is 1.03 bits per heavy atom. The summed E-state index contributed by atoms with van der Waals surface area (Å²) in [6.45, 7) is 0.477. The number of thioether (sulfide) groups is 1. The van der Waals surface area contributed by atoms with E-state index < -0.39 is 9.84 Å². The number of aliphatic imine (C=N–C) groups is 1. The highest BCUT2D eigenvalue weighted by Gasteiger charge is 2.49. The third-order valence-electron chi connectivity index (χ3n) is 6.89. The van der Waals surface area contributed by atoms with Gasteiger partial charge < -0.3 is 9.64 Å². The minimum absolute atomic E-state index is 0.0895. The van der Waals surface area contributed by atoms with Gasteiger partial charge in [0.1, 0.15) is 12.4 Å². The molecular weight excluding hydrogens is 468 g/mol. The first kappa shape index (κ1) is 23.4. The van der Waals surface area contributed by atoms with Crippen molar-refractivity contribution in [3.05, 3.63) is 60.2 Å². The molecule has 2 saturated heterocycles. The van der Waals surface area contributed by atoms with Gasteiger partial charge in [0.25, 0.3) is 0 Å². The van der Waals surface area contributed by atoms with Gasteiger partial charge in [-0.2, -0.15) is 4.99 Å². The van der Waals surface area contributed by atoms with Gasteiger partial charge in [-0.1, -0.05) is 67.8 Å². The third-order valence-corrected chi connectivity index (χ3v) is 10.1. The molecule has 0 N–H and O–H groups in total. The van der Waals surface area contributed by atoms with Crippen LogP contribution < -0.4 is 9.64 Å². The van der Waals surface area contributed by atoms with Crippen LogP contribution in [0.3, 0.4) is 0 Å². The summed E-state index contributed by atoms with van der Waals surface area (Å²) in [5, 5.41) is 0.527. The Kier molecular flexibility index (Phi) is 6.97. The molecule has 0 spiro atoms. The van der Waals surface area contributed by atoms with E-state index in [1.54, 1.807) is 0 Å². The van der Waals surface area contributed by atoms with E-state index in [1.165, 1.54) is 37.4 Å². The number of ether oxygens (including phenoxy) is 1. The maximum Gasteiger partial charge on any atom is 0.248 e. The molecule has 2 aromatic carbocycles. The Morgan fingerprint density at radius 2 is 1.76 bits per heavy atom. The van der Waals surface area contributed by atoms with Crippen molar-refractivity contribution in [3.63, 3.8) is 0 Å². The summed E-state index contributed by atoms with van der Waals surface area (Å²) < 4.78 is 30.5. The maximum absolute atomic E-state index is 12.7. The first-order chi connectivity index (χ1) is 16.5. The number of hydrogen-bond donors (Lipinski definition) is 0. The van der Waals surface area contributed by atoms with Crippen LogP contribution >= 0.6 is 11.8 Å². The Balaban J connectivity index is 1.31. The zero-order chi connectivity index (χ0) is 23.5. The molecule has 1 saturated carbocycles. The van der Waals surface area contributed by atoms with Crippen molar-refractivity contribution in [1.82, 2.24) is 0 Å². The molecule has 5 rings (SSSR count). The maximum atomic E-state index is 12.7. The van der Waals surface area contributed by atoms with E-state index >= 15 is 0 Å². The number of carbonyl (C=O) groups is 1. The van der Waals surface area contributed by atoms with Gasteiger partial charge in [-0.25, -0.2) is 8.42 Å². The van der Waals surface area contributed by atoms with Gasteiger partial charge in [0.15, 0.2) is 15.0 Å². The summed E-state index contributed by atoms with van der Waals surface area (Å²) >= 11 is 1.43. The Morgan fingerprint density at radius 3 is 2.50 bits per heavy atom. The Labute approximate surface area is 205 Å². The van der Waals surface area contributed by atoms with Crippen LogP contribution in [0.2, 0.25) is 0 Å². The molecule has 3 aliphatic rings. The molecule has 2 aliphatic heterocycles. The first-order valence-corrected chi connectivity index (χ1v) is 14.7. The van der Waals surface area contributed by atoms with E-state index in [0.717, 1.165) is 23.4 Å². The molecule has 8 heteroatoms. The molecule has 1 amide bonds. The van der Waals surface area contributed by atoms with Crippen LogP contribution in [-0.4, -0.2) is 42.3 Å². The van der Waals surface area contributed by atoms with Crippen LogP contribution in [0.5, 0.6) is 5.75 Å². The summed E-state index contributed by atoms with van der Waals surface area (Å²) in [6, 6.07) is 17.4. The Hall–Kier alpha value is -2.32. The lowest BCUT2D eigenvalue weighted by molar-refractivity contribution is -0.118. The molecule has 2 aromatic rings. The van der Waals surface area contributed by atoms with Crippen LogP contribution in [0.25, 0.3) is 0 Å². The highest BCUT2D eigenvalue weighted by molar-refractivity contribution is 8.16. The molecular formula is C26H30N2O4S2.